The first-order valence-electron chi connectivity index (χ1n) is 8.76. The predicted octanol–water partition coefficient (Wildman–Crippen LogP) is 1.13. The number of esters is 2. The SMILES string of the molecule is CC(C)[C@H]1C(=O)O[C@@H]2CCN3CC=C(COC(=O)[C@](C)(O)[C@H]1C)[C@H]23. The molecule has 3 aliphatic rings. The predicted molar refractivity (Wildman–Crippen MR) is 87.0 cm³/mol. The van der Waals surface area contributed by atoms with Gasteiger partial charge in [0.2, 0.25) is 0 Å². The second kappa shape index (κ2) is 6.15. The van der Waals surface area contributed by atoms with Crippen molar-refractivity contribution >= 4 is 11.9 Å². The van der Waals surface area contributed by atoms with Crippen molar-refractivity contribution in [3.8, 4) is 0 Å². The Morgan fingerprint density at radius 3 is 2.75 bits per heavy atom. The van der Waals surface area contributed by atoms with Crippen LogP contribution >= 0.6 is 0 Å². The van der Waals surface area contributed by atoms with Gasteiger partial charge in [0.05, 0.1) is 12.0 Å². The van der Waals surface area contributed by atoms with Gasteiger partial charge in [0, 0.05) is 19.0 Å². The molecule has 0 saturated carbocycles. The van der Waals surface area contributed by atoms with Crippen LogP contribution in [0.4, 0.5) is 0 Å². The highest BCUT2D eigenvalue weighted by Gasteiger charge is 2.49. The summed E-state index contributed by atoms with van der Waals surface area (Å²) in [7, 11) is 0. The van der Waals surface area contributed by atoms with Crippen LogP contribution in [0.3, 0.4) is 0 Å². The molecule has 1 N–H and O–H groups in total. The van der Waals surface area contributed by atoms with Gasteiger partial charge in [-0.2, -0.15) is 0 Å². The molecule has 0 aromatic carbocycles. The number of cyclic esters (lactones) is 1. The molecule has 0 unspecified atom stereocenters. The minimum atomic E-state index is -1.73. The van der Waals surface area contributed by atoms with E-state index in [4.69, 9.17) is 9.47 Å². The minimum absolute atomic E-state index is 0.00656. The Morgan fingerprint density at radius 2 is 2.08 bits per heavy atom. The molecule has 6 heteroatoms. The zero-order chi connectivity index (χ0) is 17.6. The quantitative estimate of drug-likeness (QED) is 0.571. The van der Waals surface area contributed by atoms with Crippen molar-refractivity contribution in [3.05, 3.63) is 11.6 Å². The van der Waals surface area contributed by atoms with E-state index in [9.17, 15) is 14.7 Å². The van der Waals surface area contributed by atoms with E-state index in [1.807, 2.05) is 19.9 Å². The molecule has 3 rings (SSSR count). The molecule has 0 aliphatic carbocycles. The highest BCUT2D eigenvalue weighted by atomic mass is 16.6. The maximum absolute atomic E-state index is 12.8. The Labute approximate surface area is 142 Å². The summed E-state index contributed by atoms with van der Waals surface area (Å²) < 4.78 is 11.3. The van der Waals surface area contributed by atoms with Crippen molar-refractivity contribution in [2.75, 3.05) is 19.7 Å². The molecule has 2 fully saturated rings. The number of rotatable bonds is 1. The van der Waals surface area contributed by atoms with Crippen LogP contribution in [0.2, 0.25) is 0 Å². The molecule has 0 aromatic heterocycles. The van der Waals surface area contributed by atoms with E-state index in [2.05, 4.69) is 4.90 Å². The van der Waals surface area contributed by atoms with Gasteiger partial charge in [0.1, 0.15) is 12.7 Å². The molecule has 134 valence electrons. The van der Waals surface area contributed by atoms with Gasteiger partial charge in [-0.1, -0.05) is 26.8 Å². The molecular formula is C18H27NO5. The lowest BCUT2D eigenvalue weighted by atomic mass is 9.75. The van der Waals surface area contributed by atoms with E-state index in [0.717, 1.165) is 25.1 Å². The fourth-order valence-corrected chi connectivity index (χ4v) is 4.24. The molecule has 0 spiro atoms. The summed E-state index contributed by atoms with van der Waals surface area (Å²) in [6.45, 7) is 8.75. The van der Waals surface area contributed by atoms with E-state index in [1.54, 1.807) is 6.92 Å². The third kappa shape index (κ3) is 2.75. The van der Waals surface area contributed by atoms with Crippen LogP contribution in [0.5, 0.6) is 0 Å². The van der Waals surface area contributed by atoms with Crippen molar-refractivity contribution in [3.63, 3.8) is 0 Å². The third-order valence-electron chi connectivity index (χ3n) is 5.88. The number of carbonyl (C=O) groups excluding carboxylic acids is 2. The monoisotopic (exact) mass is 337 g/mol. The van der Waals surface area contributed by atoms with Crippen LogP contribution in [0.25, 0.3) is 0 Å². The first kappa shape index (κ1) is 17.4. The zero-order valence-corrected chi connectivity index (χ0v) is 14.8. The Hall–Kier alpha value is -1.40. The van der Waals surface area contributed by atoms with E-state index < -0.39 is 23.4 Å². The number of carbonyl (C=O) groups is 2. The summed E-state index contributed by atoms with van der Waals surface area (Å²) in [5.41, 5.74) is -0.767. The maximum atomic E-state index is 12.8. The summed E-state index contributed by atoms with van der Waals surface area (Å²) >= 11 is 0. The molecular weight excluding hydrogens is 310 g/mol. The van der Waals surface area contributed by atoms with Crippen LogP contribution in [-0.4, -0.2) is 59.4 Å². The van der Waals surface area contributed by atoms with Gasteiger partial charge < -0.3 is 14.6 Å². The van der Waals surface area contributed by atoms with Crippen molar-refractivity contribution in [1.29, 1.82) is 0 Å². The summed E-state index contributed by atoms with van der Waals surface area (Å²) in [5, 5.41) is 10.7. The maximum Gasteiger partial charge on any atom is 0.338 e. The normalized spacial score (nSPS) is 40.7. The standard InChI is InChI=1S/C18H27NO5/c1-10(2)14-11(3)18(4,22)17(21)23-9-12-5-7-19-8-6-13(15(12)19)24-16(14)20/h5,10-11,13-15,22H,6-9H2,1-4H3/t11-,13+,14+,15+,18+/m0/s1. The Bertz CT molecular complexity index is 568. The van der Waals surface area contributed by atoms with Gasteiger partial charge in [-0.3, -0.25) is 9.69 Å². The fourth-order valence-electron chi connectivity index (χ4n) is 4.24. The van der Waals surface area contributed by atoms with Crippen molar-refractivity contribution in [1.82, 2.24) is 4.90 Å². The van der Waals surface area contributed by atoms with Gasteiger partial charge in [-0.25, -0.2) is 4.79 Å². The molecule has 5 atom stereocenters. The van der Waals surface area contributed by atoms with Crippen LogP contribution in [0.15, 0.2) is 11.6 Å². The van der Waals surface area contributed by atoms with E-state index >= 15 is 0 Å². The van der Waals surface area contributed by atoms with Gasteiger partial charge in [0.25, 0.3) is 0 Å². The Morgan fingerprint density at radius 1 is 1.38 bits per heavy atom. The number of hydrogen-bond acceptors (Lipinski definition) is 6. The molecule has 0 bridgehead atoms. The molecule has 3 heterocycles. The van der Waals surface area contributed by atoms with Crippen LogP contribution < -0.4 is 0 Å². The summed E-state index contributed by atoms with van der Waals surface area (Å²) in [6, 6.07) is -0.00656. The summed E-state index contributed by atoms with van der Waals surface area (Å²) in [5.74, 6) is -2.21. The van der Waals surface area contributed by atoms with Crippen molar-refractivity contribution < 1.29 is 24.2 Å². The minimum Gasteiger partial charge on any atom is -0.460 e. The first-order valence-corrected chi connectivity index (χ1v) is 8.76. The molecule has 24 heavy (non-hydrogen) atoms. The van der Waals surface area contributed by atoms with E-state index in [-0.39, 0.29) is 30.6 Å². The van der Waals surface area contributed by atoms with Gasteiger partial charge in [0.15, 0.2) is 5.60 Å². The molecule has 2 saturated heterocycles. The average molecular weight is 337 g/mol. The highest BCUT2D eigenvalue weighted by molar-refractivity contribution is 5.82. The second-order valence-corrected chi connectivity index (χ2v) is 7.76. The zero-order valence-electron chi connectivity index (χ0n) is 14.8. The summed E-state index contributed by atoms with van der Waals surface area (Å²) in [6.07, 6.45) is 2.62. The average Bonchev–Trinajstić information content (AvgIpc) is 3.06. The van der Waals surface area contributed by atoms with Gasteiger partial charge >= 0.3 is 11.9 Å². The number of nitrogens with zero attached hydrogens (tertiary/aromatic N) is 1. The molecule has 0 radical (unpaired) electrons. The lowest BCUT2D eigenvalue weighted by Gasteiger charge is -2.34. The topological polar surface area (TPSA) is 76.1 Å². The van der Waals surface area contributed by atoms with Crippen LogP contribution in [0.1, 0.15) is 34.1 Å². The largest absolute Gasteiger partial charge is 0.460 e. The fraction of sp³-hybridized carbons (Fsp3) is 0.778. The molecule has 6 nitrogen and oxygen atoms in total. The third-order valence-corrected chi connectivity index (χ3v) is 5.88. The highest BCUT2D eigenvalue weighted by Crippen LogP contribution is 2.37. The molecule has 3 aliphatic heterocycles. The van der Waals surface area contributed by atoms with E-state index in [1.165, 1.54) is 6.92 Å². The Balaban J connectivity index is 1.96. The molecule has 0 amide bonds. The number of hydrogen-bond donors (Lipinski definition) is 1. The van der Waals surface area contributed by atoms with Crippen molar-refractivity contribution in [2.45, 2.75) is 51.9 Å². The lowest BCUT2D eigenvalue weighted by molar-refractivity contribution is -0.175. The smallest absolute Gasteiger partial charge is 0.338 e. The summed E-state index contributed by atoms with van der Waals surface area (Å²) in [4.78, 5) is 27.5. The van der Waals surface area contributed by atoms with Crippen molar-refractivity contribution in [2.24, 2.45) is 17.8 Å². The van der Waals surface area contributed by atoms with Crippen LogP contribution in [0, 0.1) is 17.8 Å². The van der Waals surface area contributed by atoms with E-state index in [0.29, 0.717) is 0 Å². The number of ether oxygens (including phenoxy) is 2. The Kier molecular flexibility index (Phi) is 4.47. The second-order valence-electron chi connectivity index (χ2n) is 7.76. The van der Waals surface area contributed by atoms with Gasteiger partial charge in [-0.15, -0.1) is 0 Å². The number of aliphatic hydroxyl groups is 1. The van der Waals surface area contributed by atoms with Crippen LogP contribution in [-0.2, 0) is 19.1 Å². The molecule has 0 aromatic rings. The lowest BCUT2D eigenvalue weighted by Crippen LogP contribution is -2.49. The van der Waals surface area contributed by atoms with Gasteiger partial charge in [-0.05, 0) is 24.8 Å². The first-order chi connectivity index (χ1) is 11.2.